The van der Waals surface area contributed by atoms with Crippen molar-refractivity contribution in [2.45, 2.75) is 31.3 Å². The lowest BCUT2D eigenvalue weighted by atomic mass is 10.0. The molecule has 2 heterocycles. The van der Waals surface area contributed by atoms with Crippen LogP contribution in [0.3, 0.4) is 0 Å². The number of aromatic nitrogens is 3. The fourth-order valence-corrected chi connectivity index (χ4v) is 3.84. The molecule has 1 aromatic carbocycles. The summed E-state index contributed by atoms with van der Waals surface area (Å²) in [5, 5.41) is 8.99. The van der Waals surface area contributed by atoms with Crippen LogP contribution in [0.15, 0.2) is 24.3 Å². The Hall–Kier alpha value is -1.88. The van der Waals surface area contributed by atoms with Crippen molar-refractivity contribution in [1.29, 1.82) is 0 Å². The first-order valence-electron chi connectivity index (χ1n) is 8.02. The van der Waals surface area contributed by atoms with E-state index in [2.05, 4.69) is 51.0 Å². The highest BCUT2D eigenvalue weighted by Crippen LogP contribution is 2.37. The third-order valence-electron chi connectivity index (χ3n) is 5.09. The molecule has 0 amide bonds. The number of anilines is 1. The quantitative estimate of drug-likeness (QED) is 0.870. The molecule has 0 spiro atoms. The van der Waals surface area contributed by atoms with Crippen LogP contribution in [0.4, 0.5) is 5.95 Å². The highest BCUT2D eigenvalue weighted by atomic mass is 16.5. The minimum atomic E-state index is 0.312. The van der Waals surface area contributed by atoms with Gasteiger partial charge in [-0.1, -0.05) is 24.3 Å². The summed E-state index contributed by atoms with van der Waals surface area (Å²) in [5.41, 5.74) is 2.87. The zero-order valence-electron chi connectivity index (χ0n) is 13.2. The largest absolute Gasteiger partial charge is 0.380 e. The fourth-order valence-electron chi connectivity index (χ4n) is 3.84. The van der Waals surface area contributed by atoms with Crippen LogP contribution in [-0.4, -0.2) is 41.1 Å². The summed E-state index contributed by atoms with van der Waals surface area (Å²) in [7, 11) is 3.87. The second-order valence-corrected chi connectivity index (χ2v) is 6.30. The SMILES string of the molecule is CO[C@H]1CCN(c2nnc(C3CCc4ccccc43)n2C)C1. The summed E-state index contributed by atoms with van der Waals surface area (Å²) < 4.78 is 7.63. The highest BCUT2D eigenvalue weighted by Gasteiger charge is 2.31. The average molecular weight is 298 g/mol. The van der Waals surface area contributed by atoms with E-state index in [0.717, 1.165) is 44.1 Å². The van der Waals surface area contributed by atoms with Crippen LogP contribution in [0.1, 0.15) is 35.7 Å². The van der Waals surface area contributed by atoms with Crippen molar-refractivity contribution in [1.82, 2.24) is 14.8 Å². The average Bonchev–Trinajstić information content (AvgIpc) is 3.24. The van der Waals surface area contributed by atoms with E-state index in [1.165, 1.54) is 11.1 Å². The maximum absolute atomic E-state index is 5.46. The predicted molar refractivity (Wildman–Crippen MR) is 85.2 cm³/mol. The Bertz CT molecular complexity index is 681. The van der Waals surface area contributed by atoms with Crippen molar-refractivity contribution in [3.05, 3.63) is 41.2 Å². The third-order valence-corrected chi connectivity index (χ3v) is 5.09. The van der Waals surface area contributed by atoms with E-state index in [4.69, 9.17) is 4.74 Å². The number of hydrogen-bond donors (Lipinski definition) is 0. The van der Waals surface area contributed by atoms with E-state index in [0.29, 0.717) is 12.0 Å². The van der Waals surface area contributed by atoms with Crippen molar-refractivity contribution < 1.29 is 4.74 Å². The lowest BCUT2D eigenvalue weighted by molar-refractivity contribution is 0.121. The van der Waals surface area contributed by atoms with Gasteiger partial charge in [0.05, 0.1) is 6.10 Å². The Labute approximate surface area is 130 Å². The molecule has 0 saturated carbocycles. The first-order valence-corrected chi connectivity index (χ1v) is 8.02. The van der Waals surface area contributed by atoms with Crippen LogP contribution in [0.5, 0.6) is 0 Å². The minimum absolute atomic E-state index is 0.312. The molecule has 2 aromatic rings. The number of fused-ring (bicyclic) bond motifs is 1. The van der Waals surface area contributed by atoms with Gasteiger partial charge in [0.2, 0.25) is 5.95 Å². The van der Waals surface area contributed by atoms with Gasteiger partial charge in [0.1, 0.15) is 5.82 Å². The number of ether oxygens (including phenoxy) is 1. The molecular formula is C17H22N4O. The topological polar surface area (TPSA) is 43.2 Å². The summed E-state index contributed by atoms with van der Waals surface area (Å²) in [6.45, 7) is 1.90. The second kappa shape index (κ2) is 5.39. The molecule has 2 atom stereocenters. The Balaban J connectivity index is 1.63. The maximum Gasteiger partial charge on any atom is 0.227 e. The van der Waals surface area contributed by atoms with E-state index in [1.807, 2.05) is 0 Å². The molecule has 1 saturated heterocycles. The van der Waals surface area contributed by atoms with E-state index >= 15 is 0 Å². The van der Waals surface area contributed by atoms with E-state index < -0.39 is 0 Å². The molecule has 1 fully saturated rings. The number of hydrogen-bond acceptors (Lipinski definition) is 4. The van der Waals surface area contributed by atoms with E-state index in [-0.39, 0.29) is 0 Å². The van der Waals surface area contributed by atoms with Crippen molar-refractivity contribution in [2.75, 3.05) is 25.1 Å². The molecule has 116 valence electrons. The lowest BCUT2D eigenvalue weighted by Gasteiger charge is -2.18. The molecule has 1 aliphatic heterocycles. The number of methoxy groups -OCH3 is 1. The normalized spacial score (nSPS) is 24.0. The minimum Gasteiger partial charge on any atom is -0.380 e. The summed E-state index contributed by atoms with van der Waals surface area (Å²) in [6.07, 6.45) is 3.64. The number of nitrogens with zero attached hydrogens (tertiary/aromatic N) is 4. The molecule has 1 aliphatic carbocycles. The highest BCUT2D eigenvalue weighted by molar-refractivity contribution is 5.41. The Morgan fingerprint density at radius 1 is 1.18 bits per heavy atom. The predicted octanol–water partition coefficient (Wildman–Crippen LogP) is 2.12. The van der Waals surface area contributed by atoms with Gasteiger partial charge >= 0.3 is 0 Å². The van der Waals surface area contributed by atoms with Crippen molar-refractivity contribution in [3.8, 4) is 0 Å². The second-order valence-electron chi connectivity index (χ2n) is 6.30. The Morgan fingerprint density at radius 2 is 2.05 bits per heavy atom. The molecule has 2 aliphatic rings. The molecule has 22 heavy (non-hydrogen) atoms. The van der Waals surface area contributed by atoms with Crippen molar-refractivity contribution in [3.63, 3.8) is 0 Å². The summed E-state index contributed by atoms with van der Waals surface area (Å²) in [5.74, 6) is 2.43. The summed E-state index contributed by atoms with van der Waals surface area (Å²) in [6, 6.07) is 8.71. The van der Waals surface area contributed by atoms with E-state index in [9.17, 15) is 0 Å². The fraction of sp³-hybridized carbons (Fsp3) is 0.529. The Kier molecular flexibility index (Phi) is 3.37. The van der Waals surface area contributed by atoms with Crippen LogP contribution in [0.2, 0.25) is 0 Å². The molecule has 5 heteroatoms. The van der Waals surface area contributed by atoms with Gasteiger partial charge in [-0.3, -0.25) is 4.57 Å². The van der Waals surface area contributed by atoms with Gasteiger partial charge < -0.3 is 9.64 Å². The smallest absolute Gasteiger partial charge is 0.227 e. The van der Waals surface area contributed by atoms with Crippen LogP contribution in [-0.2, 0) is 18.2 Å². The van der Waals surface area contributed by atoms with E-state index in [1.54, 1.807) is 7.11 Å². The van der Waals surface area contributed by atoms with Crippen LogP contribution >= 0.6 is 0 Å². The van der Waals surface area contributed by atoms with Gasteiger partial charge in [-0.05, 0) is 30.4 Å². The van der Waals surface area contributed by atoms with Gasteiger partial charge in [-0.15, -0.1) is 10.2 Å². The molecule has 1 aromatic heterocycles. The molecular weight excluding hydrogens is 276 g/mol. The third kappa shape index (κ3) is 2.11. The Morgan fingerprint density at radius 3 is 2.86 bits per heavy atom. The molecule has 0 radical (unpaired) electrons. The first-order chi connectivity index (χ1) is 10.8. The van der Waals surface area contributed by atoms with Gasteiger partial charge in [0.25, 0.3) is 0 Å². The van der Waals surface area contributed by atoms with Crippen LogP contribution in [0, 0.1) is 0 Å². The van der Waals surface area contributed by atoms with Gasteiger partial charge in [-0.25, -0.2) is 0 Å². The number of aryl methyl sites for hydroxylation is 1. The van der Waals surface area contributed by atoms with Gasteiger partial charge in [-0.2, -0.15) is 0 Å². The van der Waals surface area contributed by atoms with Crippen LogP contribution in [0.25, 0.3) is 0 Å². The van der Waals surface area contributed by atoms with Crippen LogP contribution < -0.4 is 4.90 Å². The zero-order chi connectivity index (χ0) is 15.1. The van der Waals surface area contributed by atoms with Crippen molar-refractivity contribution in [2.24, 2.45) is 7.05 Å². The molecule has 5 nitrogen and oxygen atoms in total. The first kappa shape index (κ1) is 13.8. The summed E-state index contributed by atoms with van der Waals surface area (Å²) in [4.78, 5) is 2.28. The number of rotatable bonds is 3. The van der Waals surface area contributed by atoms with Gasteiger partial charge in [0, 0.05) is 33.2 Å². The lowest BCUT2D eigenvalue weighted by Crippen LogP contribution is -2.25. The molecule has 0 bridgehead atoms. The number of benzene rings is 1. The monoisotopic (exact) mass is 298 g/mol. The van der Waals surface area contributed by atoms with Gasteiger partial charge in [0.15, 0.2) is 0 Å². The van der Waals surface area contributed by atoms with Crippen molar-refractivity contribution >= 4 is 5.95 Å². The standard InChI is InChI=1S/C17H22N4O/c1-20-16(15-8-7-12-5-3-4-6-14(12)15)18-19-17(20)21-10-9-13(11-21)22-2/h3-6,13,15H,7-11H2,1-2H3/t13-,15?/m0/s1. The molecule has 0 N–H and O–H groups in total. The molecule has 1 unspecified atom stereocenters. The zero-order valence-corrected chi connectivity index (χ0v) is 13.2. The summed E-state index contributed by atoms with van der Waals surface area (Å²) >= 11 is 0. The maximum atomic E-state index is 5.46. The molecule has 4 rings (SSSR count).